The van der Waals surface area contributed by atoms with Crippen molar-refractivity contribution in [1.29, 1.82) is 0 Å². The van der Waals surface area contributed by atoms with E-state index < -0.39 is 0 Å². The van der Waals surface area contributed by atoms with Crippen molar-refractivity contribution in [2.24, 2.45) is 0 Å². The summed E-state index contributed by atoms with van der Waals surface area (Å²) in [4.78, 5) is 30.1. The van der Waals surface area contributed by atoms with Crippen molar-refractivity contribution in [2.45, 2.75) is 0 Å². The zero-order valence-electron chi connectivity index (χ0n) is 19.7. The molecule has 2 aromatic carbocycles. The first-order chi connectivity index (χ1) is 17.5. The SMILES string of the molecule is O=C(NC(=S)N1CCN(c2ccc([N+](=O)[O-])c(N3CCOCC3)c2)CC1)c1ccc2c(c1)OCCO2. The molecule has 36 heavy (non-hydrogen) atoms. The fraction of sp³-hybridized carbons (Fsp3) is 0.417. The van der Waals surface area contributed by atoms with Crippen molar-refractivity contribution < 1.29 is 23.9 Å². The zero-order chi connectivity index (χ0) is 25.1. The highest BCUT2D eigenvalue weighted by atomic mass is 32.1. The number of rotatable bonds is 4. The summed E-state index contributed by atoms with van der Waals surface area (Å²) in [7, 11) is 0. The van der Waals surface area contributed by atoms with Crippen LogP contribution in [0.15, 0.2) is 36.4 Å². The number of carbonyl (C=O) groups is 1. The number of ether oxygens (including phenoxy) is 3. The maximum absolute atomic E-state index is 12.7. The average molecular weight is 514 g/mol. The lowest BCUT2D eigenvalue weighted by atomic mass is 10.1. The summed E-state index contributed by atoms with van der Waals surface area (Å²) in [5, 5.41) is 14.8. The van der Waals surface area contributed by atoms with Crippen molar-refractivity contribution in [3.8, 4) is 11.5 Å². The van der Waals surface area contributed by atoms with Gasteiger partial charge in [-0.25, -0.2) is 0 Å². The summed E-state index contributed by atoms with van der Waals surface area (Å²) in [5.74, 6) is 0.873. The Labute approximate surface area is 213 Å². The number of morpholine rings is 1. The first kappa shape index (κ1) is 24.1. The van der Waals surface area contributed by atoms with E-state index in [9.17, 15) is 14.9 Å². The molecule has 3 aliphatic heterocycles. The molecule has 0 aliphatic carbocycles. The Balaban J connectivity index is 1.20. The number of hydrogen-bond acceptors (Lipinski definition) is 9. The number of benzene rings is 2. The van der Waals surface area contributed by atoms with E-state index in [1.54, 1.807) is 30.3 Å². The lowest BCUT2D eigenvalue weighted by Gasteiger charge is -2.37. The molecule has 3 heterocycles. The number of nitro benzene ring substituents is 1. The van der Waals surface area contributed by atoms with Gasteiger partial charge in [0.15, 0.2) is 16.6 Å². The number of nitrogens with one attached hydrogen (secondary N) is 1. The highest BCUT2D eigenvalue weighted by Gasteiger charge is 2.26. The minimum Gasteiger partial charge on any atom is -0.486 e. The van der Waals surface area contributed by atoms with Crippen LogP contribution in [0.25, 0.3) is 0 Å². The largest absolute Gasteiger partial charge is 0.486 e. The second-order valence-electron chi connectivity index (χ2n) is 8.62. The van der Waals surface area contributed by atoms with E-state index in [1.807, 2.05) is 15.9 Å². The topological polar surface area (TPSA) is 110 Å². The molecular formula is C24H27N5O6S. The second-order valence-corrected chi connectivity index (χ2v) is 9.01. The Morgan fingerprint density at radius 1 is 0.889 bits per heavy atom. The van der Waals surface area contributed by atoms with Gasteiger partial charge in [-0.15, -0.1) is 0 Å². The van der Waals surface area contributed by atoms with E-state index in [0.717, 1.165) is 5.69 Å². The lowest BCUT2D eigenvalue weighted by molar-refractivity contribution is -0.384. The monoisotopic (exact) mass is 513 g/mol. The van der Waals surface area contributed by atoms with Crippen LogP contribution >= 0.6 is 12.2 Å². The summed E-state index contributed by atoms with van der Waals surface area (Å²) < 4.78 is 16.5. The molecule has 11 nitrogen and oxygen atoms in total. The van der Waals surface area contributed by atoms with E-state index in [2.05, 4.69) is 10.2 Å². The Bertz CT molecular complexity index is 1160. The summed E-state index contributed by atoms with van der Waals surface area (Å²) in [6.45, 7) is 5.84. The van der Waals surface area contributed by atoms with Crippen LogP contribution in [0.2, 0.25) is 0 Å². The van der Waals surface area contributed by atoms with Crippen molar-refractivity contribution in [2.75, 3.05) is 75.5 Å². The molecule has 1 N–H and O–H groups in total. The normalized spacial score (nSPS) is 17.5. The number of amides is 1. The predicted molar refractivity (Wildman–Crippen MR) is 137 cm³/mol. The molecule has 12 heteroatoms. The molecule has 1 amide bonds. The Morgan fingerprint density at radius 2 is 1.61 bits per heavy atom. The minimum atomic E-state index is -0.338. The fourth-order valence-electron chi connectivity index (χ4n) is 4.52. The van der Waals surface area contributed by atoms with Gasteiger partial charge in [0.05, 0.1) is 18.1 Å². The first-order valence-electron chi connectivity index (χ1n) is 11.9. The van der Waals surface area contributed by atoms with Gasteiger partial charge in [-0.2, -0.15) is 0 Å². The van der Waals surface area contributed by atoms with Crippen LogP contribution in [0.5, 0.6) is 11.5 Å². The van der Waals surface area contributed by atoms with Crippen LogP contribution in [0, 0.1) is 10.1 Å². The summed E-state index contributed by atoms with van der Waals surface area (Å²) in [6, 6.07) is 10.3. The Morgan fingerprint density at radius 3 is 2.33 bits per heavy atom. The number of anilines is 2. The van der Waals surface area contributed by atoms with Crippen LogP contribution in [-0.4, -0.2) is 86.5 Å². The van der Waals surface area contributed by atoms with Gasteiger partial charge in [0.1, 0.15) is 18.9 Å². The number of hydrogen-bond donors (Lipinski definition) is 1. The van der Waals surface area contributed by atoms with E-state index in [0.29, 0.717) is 93.6 Å². The minimum absolute atomic E-state index is 0.0994. The van der Waals surface area contributed by atoms with E-state index in [4.69, 9.17) is 26.4 Å². The quantitative estimate of drug-likeness (QED) is 0.371. The number of piperazine rings is 1. The maximum atomic E-state index is 12.7. The third kappa shape index (κ3) is 5.14. The van der Waals surface area contributed by atoms with Crippen LogP contribution < -0.4 is 24.6 Å². The summed E-state index contributed by atoms with van der Waals surface area (Å²) in [5.41, 5.74) is 2.09. The molecule has 2 fully saturated rings. The standard InChI is InChI=1S/C24H27N5O6S/c30-23(17-1-4-21-22(15-17)35-14-13-34-21)25-24(36)28-7-5-26(6-8-28)18-2-3-19(29(31)32)20(16-18)27-9-11-33-12-10-27/h1-4,15-16H,5-14H2,(H,25,30,36). The maximum Gasteiger partial charge on any atom is 0.292 e. The van der Waals surface area contributed by atoms with Crippen LogP contribution in [0.4, 0.5) is 17.1 Å². The number of thiocarbonyl (C=S) groups is 1. The zero-order valence-corrected chi connectivity index (χ0v) is 20.5. The fourth-order valence-corrected chi connectivity index (χ4v) is 4.80. The van der Waals surface area contributed by atoms with Crippen molar-refractivity contribution in [3.63, 3.8) is 0 Å². The molecule has 190 valence electrons. The van der Waals surface area contributed by atoms with Gasteiger partial charge < -0.3 is 28.9 Å². The molecule has 0 spiro atoms. The molecule has 5 rings (SSSR count). The second kappa shape index (κ2) is 10.5. The molecular weight excluding hydrogens is 486 g/mol. The smallest absolute Gasteiger partial charge is 0.292 e. The molecule has 2 saturated heterocycles. The Kier molecular flexibility index (Phi) is 7.05. The van der Waals surface area contributed by atoms with Gasteiger partial charge in [0.25, 0.3) is 11.6 Å². The lowest BCUT2D eigenvalue weighted by Crippen LogP contribution is -2.52. The van der Waals surface area contributed by atoms with Gasteiger partial charge >= 0.3 is 0 Å². The van der Waals surface area contributed by atoms with Crippen molar-refractivity contribution in [3.05, 3.63) is 52.1 Å². The highest BCUT2D eigenvalue weighted by molar-refractivity contribution is 7.80. The number of carbonyl (C=O) groups excluding carboxylic acids is 1. The molecule has 0 bridgehead atoms. The molecule has 3 aliphatic rings. The number of nitrogens with zero attached hydrogens (tertiary/aromatic N) is 4. The van der Waals surface area contributed by atoms with Gasteiger partial charge in [0, 0.05) is 56.6 Å². The third-order valence-corrected chi connectivity index (χ3v) is 6.82. The predicted octanol–water partition coefficient (Wildman–Crippen LogP) is 2.04. The molecule has 2 aromatic rings. The number of fused-ring (bicyclic) bond motifs is 1. The van der Waals surface area contributed by atoms with Crippen molar-refractivity contribution >= 4 is 40.3 Å². The summed E-state index contributed by atoms with van der Waals surface area (Å²) >= 11 is 5.50. The highest BCUT2D eigenvalue weighted by Crippen LogP contribution is 2.34. The molecule has 0 unspecified atom stereocenters. The molecule has 0 atom stereocenters. The van der Waals surface area contributed by atoms with Crippen LogP contribution in [0.3, 0.4) is 0 Å². The van der Waals surface area contributed by atoms with Crippen molar-refractivity contribution in [1.82, 2.24) is 10.2 Å². The third-order valence-electron chi connectivity index (χ3n) is 6.46. The first-order valence-corrected chi connectivity index (χ1v) is 12.3. The average Bonchev–Trinajstić information content (AvgIpc) is 2.93. The van der Waals surface area contributed by atoms with E-state index in [1.165, 1.54) is 0 Å². The summed E-state index contributed by atoms with van der Waals surface area (Å²) in [6.07, 6.45) is 0. The Hall–Kier alpha value is -3.64. The molecule has 0 radical (unpaired) electrons. The molecule has 0 saturated carbocycles. The van der Waals surface area contributed by atoms with E-state index >= 15 is 0 Å². The van der Waals surface area contributed by atoms with Gasteiger partial charge in [-0.05, 0) is 42.5 Å². The van der Waals surface area contributed by atoms with Gasteiger partial charge in [0.2, 0.25) is 0 Å². The van der Waals surface area contributed by atoms with Crippen LogP contribution in [-0.2, 0) is 4.74 Å². The van der Waals surface area contributed by atoms with Gasteiger partial charge in [-0.3, -0.25) is 20.2 Å². The van der Waals surface area contributed by atoms with Crippen LogP contribution in [0.1, 0.15) is 10.4 Å². The van der Waals surface area contributed by atoms with E-state index in [-0.39, 0.29) is 16.5 Å². The molecule has 0 aromatic heterocycles. The van der Waals surface area contributed by atoms with Gasteiger partial charge in [-0.1, -0.05) is 0 Å². The number of nitro groups is 1.